The van der Waals surface area contributed by atoms with Gasteiger partial charge in [-0.2, -0.15) is 0 Å². The molecule has 2 aliphatic heterocycles. The van der Waals surface area contributed by atoms with E-state index in [2.05, 4.69) is 0 Å². The number of rotatable bonds is 3. The van der Waals surface area contributed by atoms with Gasteiger partial charge in [0.05, 0.1) is 0 Å². The molecule has 3 fully saturated rings. The van der Waals surface area contributed by atoms with Crippen LogP contribution in [0.4, 0.5) is 4.79 Å². The van der Waals surface area contributed by atoms with Gasteiger partial charge in [-0.3, -0.25) is 9.69 Å². The number of halogens is 1. The molecule has 0 aromatic heterocycles. The molecule has 0 atom stereocenters. The Kier molecular flexibility index (Phi) is 3.89. The highest BCUT2D eigenvalue weighted by atomic mass is 35.5. The van der Waals surface area contributed by atoms with Crippen LogP contribution in [0.25, 0.3) is 0 Å². The van der Waals surface area contributed by atoms with Crippen LogP contribution in [0.15, 0.2) is 30.3 Å². The van der Waals surface area contributed by atoms with Crippen molar-refractivity contribution in [3.63, 3.8) is 0 Å². The number of fused-ring (bicyclic) bond motifs is 3. The van der Waals surface area contributed by atoms with Crippen molar-refractivity contribution in [2.45, 2.75) is 37.8 Å². The van der Waals surface area contributed by atoms with Gasteiger partial charge in [0.1, 0.15) is 12.1 Å². The number of nitrogens with zero attached hydrogens (tertiary/aromatic N) is 1. The molecular weight excluding hydrogens is 290 g/mol. The Labute approximate surface area is 129 Å². The normalized spacial score (nSPS) is 27.5. The first-order valence-corrected chi connectivity index (χ1v) is 7.68. The summed E-state index contributed by atoms with van der Waals surface area (Å²) in [5, 5.41) is -0.433. The van der Waals surface area contributed by atoms with E-state index in [-0.39, 0.29) is 6.61 Å². The van der Waals surface area contributed by atoms with Crippen molar-refractivity contribution < 1.29 is 14.3 Å². The number of hydrogen-bond donors (Lipinski definition) is 0. The highest BCUT2D eigenvalue weighted by Crippen LogP contribution is 2.44. The highest BCUT2D eigenvalue weighted by Gasteiger charge is 2.53. The number of ether oxygens (including phenoxy) is 1. The Balaban J connectivity index is 1.70. The molecule has 2 saturated heterocycles. The van der Waals surface area contributed by atoms with Crippen LogP contribution in [0.5, 0.6) is 0 Å². The van der Waals surface area contributed by atoms with E-state index in [4.69, 9.17) is 16.3 Å². The van der Waals surface area contributed by atoms with E-state index in [0.717, 1.165) is 18.4 Å². The van der Waals surface area contributed by atoms with Crippen LogP contribution in [-0.2, 0) is 16.1 Å². The standard InChI is InChI=1S/C16H18ClNO3/c17-14(19)16-8-6-12(7-9-16)10-18(16)15(20)21-11-13-4-2-1-3-5-13/h1-5,12H,6-11H2. The van der Waals surface area contributed by atoms with Gasteiger partial charge in [0.15, 0.2) is 0 Å². The lowest BCUT2D eigenvalue weighted by Gasteiger charge is -2.51. The molecule has 5 heteroatoms. The molecule has 1 amide bonds. The Bertz CT molecular complexity index is 538. The zero-order valence-corrected chi connectivity index (χ0v) is 12.5. The highest BCUT2D eigenvalue weighted by molar-refractivity contribution is 6.65. The molecule has 2 heterocycles. The quantitative estimate of drug-likeness (QED) is 0.805. The summed E-state index contributed by atoms with van der Waals surface area (Å²) in [7, 11) is 0. The van der Waals surface area contributed by atoms with Gasteiger partial charge >= 0.3 is 6.09 Å². The van der Waals surface area contributed by atoms with Crippen LogP contribution in [-0.4, -0.2) is 28.3 Å². The van der Waals surface area contributed by atoms with Gasteiger partial charge in [0.25, 0.3) is 0 Å². The summed E-state index contributed by atoms with van der Waals surface area (Å²) < 4.78 is 5.37. The molecule has 4 nitrogen and oxygen atoms in total. The first-order chi connectivity index (χ1) is 10.1. The lowest BCUT2D eigenvalue weighted by molar-refractivity contribution is -0.130. The lowest BCUT2D eigenvalue weighted by Crippen LogP contribution is -2.63. The van der Waals surface area contributed by atoms with Crippen molar-refractivity contribution in [2.24, 2.45) is 5.92 Å². The smallest absolute Gasteiger partial charge is 0.410 e. The molecule has 4 rings (SSSR count). The van der Waals surface area contributed by atoms with Crippen molar-refractivity contribution in [3.8, 4) is 0 Å². The Morgan fingerprint density at radius 2 is 1.90 bits per heavy atom. The number of piperidine rings is 2. The van der Waals surface area contributed by atoms with Crippen LogP contribution in [0.1, 0.15) is 31.2 Å². The Morgan fingerprint density at radius 1 is 1.24 bits per heavy atom. The number of amides is 1. The molecule has 1 saturated carbocycles. The van der Waals surface area contributed by atoms with E-state index in [0.29, 0.717) is 25.3 Å². The van der Waals surface area contributed by atoms with Crippen molar-refractivity contribution in [1.82, 2.24) is 4.90 Å². The summed E-state index contributed by atoms with van der Waals surface area (Å²) in [6, 6.07) is 9.51. The van der Waals surface area contributed by atoms with Gasteiger partial charge in [-0.25, -0.2) is 4.79 Å². The summed E-state index contributed by atoms with van der Waals surface area (Å²) >= 11 is 5.81. The maximum Gasteiger partial charge on any atom is 0.410 e. The van der Waals surface area contributed by atoms with Gasteiger partial charge in [0, 0.05) is 6.54 Å². The SMILES string of the molecule is O=C(OCc1ccccc1)N1CC2CCC1(C(=O)Cl)CC2. The van der Waals surface area contributed by atoms with Gasteiger partial charge in [0.2, 0.25) is 5.24 Å². The Morgan fingerprint density at radius 3 is 2.52 bits per heavy atom. The predicted octanol–water partition coefficient (Wildman–Crippen LogP) is 3.33. The average molecular weight is 308 g/mol. The summed E-state index contributed by atoms with van der Waals surface area (Å²) in [4.78, 5) is 25.8. The Hall–Kier alpha value is -1.55. The molecule has 21 heavy (non-hydrogen) atoms. The van der Waals surface area contributed by atoms with Crippen LogP contribution in [0.2, 0.25) is 0 Å². The second-order valence-electron chi connectivity index (χ2n) is 5.90. The number of carbonyl (C=O) groups is 2. The minimum absolute atomic E-state index is 0.216. The fraction of sp³-hybridized carbons (Fsp3) is 0.500. The maximum atomic E-state index is 12.4. The van der Waals surface area contributed by atoms with Gasteiger partial charge < -0.3 is 4.74 Å². The van der Waals surface area contributed by atoms with Crippen molar-refractivity contribution in [1.29, 1.82) is 0 Å². The van der Waals surface area contributed by atoms with Crippen LogP contribution in [0, 0.1) is 5.92 Å². The fourth-order valence-corrected chi connectivity index (χ4v) is 3.68. The molecule has 2 bridgehead atoms. The molecule has 1 aromatic rings. The van der Waals surface area contributed by atoms with Gasteiger partial charge in [-0.15, -0.1) is 0 Å². The molecule has 112 valence electrons. The first kappa shape index (κ1) is 14.4. The summed E-state index contributed by atoms with van der Waals surface area (Å²) in [6.07, 6.45) is 2.79. The number of carbonyl (C=O) groups excluding carboxylic acids is 2. The third-order valence-electron chi connectivity index (χ3n) is 4.68. The minimum Gasteiger partial charge on any atom is -0.445 e. The van der Waals surface area contributed by atoms with Crippen LogP contribution in [0.3, 0.4) is 0 Å². The topological polar surface area (TPSA) is 46.6 Å². The molecule has 0 unspecified atom stereocenters. The first-order valence-electron chi connectivity index (χ1n) is 7.30. The van der Waals surface area contributed by atoms with E-state index < -0.39 is 16.9 Å². The van der Waals surface area contributed by atoms with E-state index in [1.165, 1.54) is 0 Å². The van der Waals surface area contributed by atoms with Crippen LogP contribution >= 0.6 is 11.6 Å². The molecule has 3 aliphatic rings. The van der Waals surface area contributed by atoms with Crippen molar-refractivity contribution in [3.05, 3.63) is 35.9 Å². The molecule has 0 N–H and O–H groups in total. The summed E-state index contributed by atoms with van der Waals surface area (Å²) in [6.45, 7) is 0.791. The zero-order valence-electron chi connectivity index (χ0n) is 11.8. The average Bonchev–Trinajstić information content (AvgIpc) is 2.54. The maximum absolute atomic E-state index is 12.4. The van der Waals surface area contributed by atoms with E-state index in [1.807, 2.05) is 30.3 Å². The summed E-state index contributed by atoms with van der Waals surface area (Å²) in [5.74, 6) is 0.465. The summed E-state index contributed by atoms with van der Waals surface area (Å²) in [5.41, 5.74) is 0.0867. The number of hydrogen-bond acceptors (Lipinski definition) is 3. The molecule has 0 radical (unpaired) electrons. The van der Waals surface area contributed by atoms with E-state index in [9.17, 15) is 9.59 Å². The number of benzene rings is 1. The van der Waals surface area contributed by atoms with Gasteiger partial charge in [-0.1, -0.05) is 30.3 Å². The molecule has 1 aromatic carbocycles. The minimum atomic E-state index is -0.843. The van der Waals surface area contributed by atoms with Crippen molar-refractivity contribution >= 4 is 22.9 Å². The van der Waals surface area contributed by atoms with Gasteiger partial charge in [-0.05, 0) is 48.8 Å². The largest absolute Gasteiger partial charge is 0.445 e. The third-order valence-corrected chi connectivity index (χ3v) is 5.03. The van der Waals surface area contributed by atoms with Crippen LogP contribution < -0.4 is 0 Å². The van der Waals surface area contributed by atoms with E-state index in [1.54, 1.807) is 4.90 Å². The molecule has 0 spiro atoms. The molecule has 1 aliphatic carbocycles. The lowest BCUT2D eigenvalue weighted by atomic mass is 9.71. The predicted molar refractivity (Wildman–Crippen MR) is 78.9 cm³/mol. The van der Waals surface area contributed by atoms with Crippen molar-refractivity contribution in [2.75, 3.05) is 6.54 Å². The van der Waals surface area contributed by atoms with E-state index >= 15 is 0 Å². The zero-order chi connectivity index (χ0) is 14.9. The second-order valence-corrected chi connectivity index (χ2v) is 6.24. The third kappa shape index (κ3) is 2.64. The second kappa shape index (κ2) is 5.68. The molecular formula is C16H18ClNO3. The fourth-order valence-electron chi connectivity index (χ4n) is 3.39. The monoisotopic (exact) mass is 307 g/mol.